The van der Waals surface area contributed by atoms with Gasteiger partial charge in [-0.3, -0.25) is 4.90 Å². The summed E-state index contributed by atoms with van der Waals surface area (Å²) in [5.74, 6) is 0.796. The van der Waals surface area contributed by atoms with E-state index in [0.29, 0.717) is 6.04 Å². The van der Waals surface area contributed by atoms with Crippen LogP contribution in [0.25, 0.3) is 0 Å². The van der Waals surface area contributed by atoms with Crippen LogP contribution in [0.5, 0.6) is 0 Å². The molecule has 5 nitrogen and oxygen atoms in total. The normalized spacial score (nSPS) is 18.7. The predicted octanol–water partition coefficient (Wildman–Crippen LogP) is 1.98. The molecule has 5 heteroatoms. The third-order valence-corrected chi connectivity index (χ3v) is 4.66. The SMILES string of the molecule is OCCC1CN(c2ncccn2)CCN1CCCc1ccccc1. The summed E-state index contributed by atoms with van der Waals surface area (Å²) in [7, 11) is 0. The monoisotopic (exact) mass is 326 g/mol. The Kier molecular flexibility index (Phi) is 6.15. The van der Waals surface area contributed by atoms with Crippen molar-refractivity contribution in [3.05, 3.63) is 54.4 Å². The van der Waals surface area contributed by atoms with E-state index >= 15 is 0 Å². The molecule has 0 aliphatic carbocycles. The highest BCUT2D eigenvalue weighted by atomic mass is 16.3. The zero-order valence-electron chi connectivity index (χ0n) is 14.1. The average molecular weight is 326 g/mol. The summed E-state index contributed by atoms with van der Waals surface area (Å²) >= 11 is 0. The molecule has 1 unspecified atom stereocenters. The van der Waals surface area contributed by atoms with E-state index in [0.717, 1.165) is 51.4 Å². The maximum Gasteiger partial charge on any atom is 0.225 e. The van der Waals surface area contributed by atoms with Gasteiger partial charge in [-0.2, -0.15) is 0 Å². The molecule has 1 aromatic carbocycles. The van der Waals surface area contributed by atoms with Gasteiger partial charge >= 0.3 is 0 Å². The first-order chi connectivity index (χ1) is 11.9. The van der Waals surface area contributed by atoms with Gasteiger partial charge in [-0.25, -0.2) is 9.97 Å². The van der Waals surface area contributed by atoms with Gasteiger partial charge in [0.25, 0.3) is 0 Å². The second kappa shape index (κ2) is 8.76. The number of aryl methyl sites for hydroxylation is 1. The number of hydrogen-bond donors (Lipinski definition) is 1. The molecule has 0 spiro atoms. The highest BCUT2D eigenvalue weighted by Crippen LogP contribution is 2.17. The summed E-state index contributed by atoms with van der Waals surface area (Å²) in [5, 5.41) is 9.42. The number of anilines is 1. The van der Waals surface area contributed by atoms with E-state index in [9.17, 15) is 5.11 Å². The molecular formula is C19H26N4O. The Hall–Kier alpha value is -1.98. The summed E-state index contributed by atoms with van der Waals surface area (Å²) in [6.45, 7) is 4.12. The van der Waals surface area contributed by atoms with Crippen LogP contribution >= 0.6 is 0 Å². The summed E-state index contributed by atoms with van der Waals surface area (Å²) in [5.41, 5.74) is 1.40. The Morgan fingerprint density at radius 1 is 1.04 bits per heavy atom. The minimum atomic E-state index is 0.226. The lowest BCUT2D eigenvalue weighted by Gasteiger charge is -2.41. The molecule has 1 N–H and O–H groups in total. The van der Waals surface area contributed by atoms with Gasteiger partial charge in [0.2, 0.25) is 5.95 Å². The third kappa shape index (κ3) is 4.52. The Morgan fingerprint density at radius 3 is 2.58 bits per heavy atom. The van der Waals surface area contributed by atoms with Crippen LogP contribution in [0.2, 0.25) is 0 Å². The molecule has 0 bridgehead atoms. The topological polar surface area (TPSA) is 52.5 Å². The first kappa shape index (κ1) is 16.9. The lowest BCUT2D eigenvalue weighted by atomic mass is 10.1. The van der Waals surface area contributed by atoms with Crippen molar-refractivity contribution in [2.24, 2.45) is 0 Å². The van der Waals surface area contributed by atoms with Crippen molar-refractivity contribution >= 4 is 5.95 Å². The van der Waals surface area contributed by atoms with Crippen LogP contribution in [0.1, 0.15) is 18.4 Å². The largest absolute Gasteiger partial charge is 0.396 e. The first-order valence-corrected chi connectivity index (χ1v) is 8.77. The second-order valence-corrected chi connectivity index (χ2v) is 6.29. The van der Waals surface area contributed by atoms with Gasteiger partial charge in [0.05, 0.1) is 0 Å². The Bertz CT molecular complexity index is 591. The summed E-state index contributed by atoms with van der Waals surface area (Å²) < 4.78 is 0. The van der Waals surface area contributed by atoms with Crippen LogP contribution < -0.4 is 4.90 Å². The standard InChI is InChI=1S/C19H26N4O/c24-15-9-18-16-23(19-20-10-5-11-21-19)14-13-22(18)12-4-8-17-6-2-1-3-7-17/h1-3,5-7,10-11,18,24H,4,8-9,12-16H2. The molecular weight excluding hydrogens is 300 g/mol. The Morgan fingerprint density at radius 2 is 1.83 bits per heavy atom. The maximum atomic E-state index is 9.42. The van der Waals surface area contributed by atoms with E-state index < -0.39 is 0 Å². The number of aliphatic hydroxyl groups excluding tert-OH is 1. The van der Waals surface area contributed by atoms with Crippen LogP contribution in [0.4, 0.5) is 5.95 Å². The van der Waals surface area contributed by atoms with Crippen molar-refractivity contribution in [1.29, 1.82) is 0 Å². The van der Waals surface area contributed by atoms with Crippen LogP contribution in [-0.2, 0) is 6.42 Å². The highest BCUT2D eigenvalue weighted by Gasteiger charge is 2.27. The molecule has 1 aromatic heterocycles. The first-order valence-electron chi connectivity index (χ1n) is 8.77. The van der Waals surface area contributed by atoms with Crippen molar-refractivity contribution in [3.8, 4) is 0 Å². The number of piperazine rings is 1. The van der Waals surface area contributed by atoms with E-state index in [1.54, 1.807) is 12.4 Å². The lowest BCUT2D eigenvalue weighted by molar-refractivity contribution is 0.140. The molecule has 24 heavy (non-hydrogen) atoms. The van der Waals surface area contributed by atoms with E-state index in [4.69, 9.17) is 0 Å². The van der Waals surface area contributed by atoms with Crippen LogP contribution in [0.3, 0.4) is 0 Å². The number of aliphatic hydroxyl groups is 1. The molecule has 0 amide bonds. The van der Waals surface area contributed by atoms with Crippen LogP contribution in [0.15, 0.2) is 48.8 Å². The fourth-order valence-corrected chi connectivity index (χ4v) is 3.38. The van der Waals surface area contributed by atoms with Crippen molar-refractivity contribution in [3.63, 3.8) is 0 Å². The molecule has 1 aliphatic heterocycles. The molecule has 1 aliphatic rings. The maximum absolute atomic E-state index is 9.42. The van der Waals surface area contributed by atoms with Gasteiger partial charge in [-0.1, -0.05) is 30.3 Å². The number of hydrogen-bond acceptors (Lipinski definition) is 5. The average Bonchev–Trinajstić information content (AvgIpc) is 2.65. The van der Waals surface area contributed by atoms with Crippen molar-refractivity contribution in [2.75, 3.05) is 37.7 Å². The molecule has 2 aromatic rings. The van der Waals surface area contributed by atoms with E-state index in [1.807, 2.05) is 6.07 Å². The number of aromatic nitrogens is 2. The smallest absolute Gasteiger partial charge is 0.225 e. The van der Waals surface area contributed by atoms with E-state index in [1.165, 1.54) is 5.56 Å². The zero-order chi connectivity index (χ0) is 16.6. The molecule has 1 atom stereocenters. The summed E-state index contributed by atoms with van der Waals surface area (Å²) in [4.78, 5) is 13.5. The van der Waals surface area contributed by atoms with Crippen molar-refractivity contribution in [2.45, 2.75) is 25.3 Å². The van der Waals surface area contributed by atoms with Crippen LogP contribution in [-0.4, -0.2) is 58.8 Å². The highest BCUT2D eigenvalue weighted by molar-refractivity contribution is 5.30. The summed E-state index contributed by atoms with van der Waals surface area (Å²) in [6.07, 6.45) is 6.63. The lowest BCUT2D eigenvalue weighted by Crippen LogP contribution is -2.54. The summed E-state index contributed by atoms with van der Waals surface area (Å²) in [6, 6.07) is 12.8. The fourth-order valence-electron chi connectivity index (χ4n) is 3.38. The minimum Gasteiger partial charge on any atom is -0.396 e. The zero-order valence-corrected chi connectivity index (χ0v) is 14.1. The van der Waals surface area contributed by atoms with Gasteiger partial charge in [0.15, 0.2) is 0 Å². The molecule has 1 saturated heterocycles. The number of rotatable bonds is 7. The van der Waals surface area contributed by atoms with Crippen LogP contribution in [0, 0.1) is 0 Å². The Balaban J connectivity index is 1.54. The Labute approximate surface area is 144 Å². The van der Waals surface area contributed by atoms with Crippen molar-refractivity contribution in [1.82, 2.24) is 14.9 Å². The van der Waals surface area contributed by atoms with Crippen molar-refractivity contribution < 1.29 is 5.11 Å². The number of nitrogens with zero attached hydrogens (tertiary/aromatic N) is 4. The molecule has 0 saturated carbocycles. The number of benzene rings is 1. The molecule has 128 valence electrons. The second-order valence-electron chi connectivity index (χ2n) is 6.29. The minimum absolute atomic E-state index is 0.226. The fraction of sp³-hybridized carbons (Fsp3) is 0.474. The van der Waals surface area contributed by atoms with Gasteiger partial charge in [0, 0.05) is 44.7 Å². The van der Waals surface area contributed by atoms with Gasteiger partial charge in [0.1, 0.15) is 0 Å². The molecule has 3 rings (SSSR count). The van der Waals surface area contributed by atoms with E-state index in [2.05, 4.69) is 50.1 Å². The van der Waals surface area contributed by atoms with Gasteiger partial charge in [-0.15, -0.1) is 0 Å². The van der Waals surface area contributed by atoms with Gasteiger partial charge < -0.3 is 10.0 Å². The molecule has 1 fully saturated rings. The predicted molar refractivity (Wildman–Crippen MR) is 96.1 cm³/mol. The third-order valence-electron chi connectivity index (χ3n) is 4.66. The molecule has 2 heterocycles. The van der Waals surface area contributed by atoms with E-state index in [-0.39, 0.29) is 6.61 Å². The van der Waals surface area contributed by atoms with Gasteiger partial charge in [-0.05, 0) is 37.4 Å². The molecule has 0 radical (unpaired) electrons. The quantitative estimate of drug-likeness (QED) is 0.843.